The van der Waals surface area contributed by atoms with Gasteiger partial charge in [0.15, 0.2) is 0 Å². The van der Waals surface area contributed by atoms with Crippen molar-refractivity contribution in [3.63, 3.8) is 0 Å². The predicted molar refractivity (Wildman–Crippen MR) is 202 cm³/mol. The van der Waals surface area contributed by atoms with Gasteiger partial charge in [0.05, 0.1) is 0 Å². The summed E-state index contributed by atoms with van der Waals surface area (Å²) < 4.78 is 12.3. The van der Waals surface area contributed by atoms with Crippen LogP contribution >= 0.6 is 0 Å². The molecule has 9 aromatic rings. The monoisotopic (exact) mass is 629 g/mol. The van der Waals surface area contributed by atoms with Gasteiger partial charge >= 0.3 is 0 Å². The third-order valence-electron chi connectivity index (χ3n) is 9.12. The Balaban J connectivity index is 1.04. The molecule has 0 spiro atoms. The zero-order valence-corrected chi connectivity index (χ0v) is 26.7. The summed E-state index contributed by atoms with van der Waals surface area (Å²) in [6.07, 6.45) is 0. The molecule has 0 aliphatic heterocycles. The lowest BCUT2D eigenvalue weighted by molar-refractivity contribution is 0.631. The van der Waals surface area contributed by atoms with E-state index in [0.29, 0.717) is 0 Å². The fraction of sp³-hybridized carbons (Fsp3) is 0. The molecule has 49 heavy (non-hydrogen) atoms. The van der Waals surface area contributed by atoms with Crippen LogP contribution in [0.1, 0.15) is 0 Å². The van der Waals surface area contributed by atoms with E-state index in [-0.39, 0.29) is 0 Å². The number of fused-ring (bicyclic) bond motifs is 2. The molecular weight excluding hydrogens is 599 g/mol. The average Bonchev–Trinajstić information content (AvgIpc) is 3.82. The summed E-state index contributed by atoms with van der Waals surface area (Å²) in [4.78, 5) is 2.30. The molecule has 0 unspecified atom stereocenters. The average molecular weight is 630 g/mol. The van der Waals surface area contributed by atoms with Crippen molar-refractivity contribution in [1.29, 1.82) is 0 Å². The second-order valence-corrected chi connectivity index (χ2v) is 12.2. The highest BCUT2D eigenvalue weighted by Crippen LogP contribution is 2.38. The molecule has 0 saturated heterocycles. The zero-order valence-electron chi connectivity index (χ0n) is 26.7. The summed E-state index contributed by atoms with van der Waals surface area (Å²) in [5.74, 6) is 1.74. The molecular formula is C46H31NO2. The highest BCUT2D eigenvalue weighted by Gasteiger charge is 2.15. The van der Waals surface area contributed by atoms with Gasteiger partial charge in [-0.2, -0.15) is 0 Å². The molecule has 0 amide bonds. The molecule has 0 N–H and O–H groups in total. The number of nitrogens with zero attached hydrogens (tertiary/aromatic N) is 1. The van der Waals surface area contributed by atoms with Crippen molar-refractivity contribution < 1.29 is 8.83 Å². The van der Waals surface area contributed by atoms with Crippen LogP contribution in [-0.4, -0.2) is 0 Å². The quantitative estimate of drug-likeness (QED) is 0.176. The largest absolute Gasteiger partial charge is 0.456 e. The highest BCUT2D eigenvalue weighted by molar-refractivity contribution is 5.85. The third-order valence-corrected chi connectivity index (χ3v) is 9.12. The molecule has 0 saturated carbocycles. The molecule has 9 rings (SSSR count). The minimum atomic E-state index is 0.863. The number of anilines is 3. The van der Waals surface area contributed by atoms with E-state index in [1.54, 1.807) is 0 Å². The van der Waals surface area contributed by atoms with Crippen molar-refractivity contribution in [1.82, 2.24) is 0 Å². The first-order valence-corrected chi connectivity index (χ1v) is 16.5. The van der Waals surface area contributed by atoms with Crippen LogP contribution in [0, 0.1) is 0 Å². The van der Waals surface area contributed by atoms with Crippen molar-refractivity contribution in [3.05, 3.63) is 188 Å². The van der Waals surface area contributed by atoms with Crippen LogP contribution in [0.15, 0.2) is 197 Å². The minimum absolute atomic E-state index is 0.863. The molecule has 0 atom stereocenters. The van der Waals surface area contributed by atoms with Gasteiger partial charge in [0.2, 0.25) is 0 Å². The Kier molecular flexibility index (Phi) is 7.14. The van der Waals surface area contributed by atoms with Crippen molar-refractivity contribution in [2.24, 2.45) is 0 Å². The lowest BCUT2D eigenvalue weighted by Gasteiger charge is -2.26. The Morgan fingerprint density at radius 2 is 0.612 bits per heavy atom. The summed E-state index contributed by atoms with van der Waals surface area (Å²) >= 11 is 0. The lowest BCUT2D eigenvalue weighted by Crippen LogP contribution is -2.09. The SMILES string of the molecule is c1ccc(-c2ccc(N(c3ccc(-c4ccc(-c5cc6ccccc6o5)cc4)cc3)c3ccc(-c4cc5ccccc5o4)cc3)cc2)cc1. The fourth-order valence-corrected chi connectivity index (χ4v) is 6.53. The molecule has 3 heteroatoms. The maximum absolute atomic E-state index is 6.16. The number of hydrogen-bond donors (Lipinski definition) is 0. The molecule has 2 heterocycles. The molecule has 232 valence electrons. The number of furan rings is 2. The first-order valence-electron chi connectivity index (χ1n) is 16.5. The number of hydrogen-bond acceptors (Lipinski definition) is 3. The van der Waals surface area contributed by atoms with Crippen LogP contribution < -0.4 is 4.90 Å². The minimum Gasteiger partial charge on any atom is -0.456 e. The Morgan fingerprint density at radius 1 is 0.286 bits per heavy atom. The van der Waals surface area contributed by atoms with Gasteiger partial charge in [-0.15, -0.1) is 0 Å². The van der Waals surface area contributed by atoms with Gasteiger partial charge in [-0.3, -0.25) is 0 Å². The van der Waals surface area contributed by atoms with E-state index in [4.69, 9.17) is 8.83 Å². The first kappa shape index (κ1) is 28.6. The Hall–Kier alpha value is -6.58. The van der Waals surface area contributed by atoms with E-state index in [2.05, 4.69) is 150 Å². The molecule has 7 aromatic carbocycles. The number of rotatable bonds is 7. The summed E-state index contributed by atoms with van der Waals surface area (Å²) in [6, 6.07) is 65.7. The Morgan fingerprint density at radius 3 is 1.04 bits per heavy atom. The van der Waals surface area contributed by atoms with E-state index < -0.39 is 0 Å². The van der Waals surface area contributed by atoms with E-state index >= 15 is 0 Å². The normalized spacial score (nSPS) is 11.3. The van der Waals surface area contributed by atoms with Crippen molar-refractivity contribution in [2.45, 2.75) is 0 Å². The van der Waals surface area contributed by atoms with Crippen molar-refractivity contribution in [2.75, 3.05) is 4.90 Å². The zero-order chi connectivity index (χ0) is 32.6. The third kappa shape index (κ3) is 5.58. The molecule has 0 bridgehead atoms. The Labute approximate surface area is 284 Å². The second-order valence-electron chi connectivity index (χ2n) is 12.2. The summed E-state index contributed by atoms with van der Waals surface area (Å²) in [7, 11) is 0. The molecule has 0 fully saturated rings. The van der Waals surface area contributed by atoms with Crippen LogP contribution in [0.5, 0.6) is 0 Å². The van der Waals surface area contributed by atoms with Gasteiger partial charge in [-0.1, -0.05) is 115 Å². The second kappa shape index (κ2) is 12.2. The van der Waals surface area contributed by atoms with Gasteiger partial charge < -0.3 is 13.7 Å². The molecule has 0 radical (unpaired) electrons. The van der Waals surface area contributed by atoms with Gasteiger partial charge in [-0.25, -0.2) is 0 Å². The molecule has 0 aliphatic rings. The van der Waals surface area contributed by atoms with Crippen LogP contribution in [0.4, 0.5) is 17.1 Å². The van der Waals surface area contributed by atoms with Crippen molar-refractivity contribution >= 4 is 39.0 Å². The summed E-state index contributed by atoms with van der Waals surface area (Å²) in [5, 5.41) is 2.21. The maximum atomic E-state index is 6.16. The van der Waals surface area contributed by atoms with Crippen LogP contribution in [-0.2, 0) is 0 Å². The lowest BCUT2D eigenvalue weighted by atomic mass is 10.0. The van der Waals surface area contributed by atoms with E-state index in [0.717, 1.165) is 72.8 Å². The van der Waals surface area contributed by atoms with E-state index in [9.17, 15) is 0 Å². The van der Waals surface area contributed by atoms with Gasteiger partial charge in [-0.05, 0) is 95.1 Å². The first-order chi connectivity index (χ1) is 24.2. The maximum Gasteiger partial charge on any atom is 0.135 e. The van der Waals surface area contributed by atoms with E-state index in [1.165, 1.54) is 11.1 Å². The smallest absolute Gasteiger partial charge is 0.135 e. The fourth-order valence-electron chi connectivity index (χ4n) is 6.53. The number of benzene rings is 7. The van der Waals surface area contributed by atoms with Gasteiger partial charge in [0.1, 0.15) is 22.7 Å². The summed E-state index contributed by atoms with van der Waals surface area (Å²) in [6.45, 7) is 0. The molecule has 2 aromatic heterocycles. The molecule has 0 aliphatic carbocycles. The van der Waals surface area contributed by atoms with E-state index in [1.807, 2.05) is 42.5 Å². The van der Waals surface area contributed by atoms with Gasteiger partial charge in [0, 0.05) is 39.0 Å². The topological polar surface area (TPSA) is 29.5 Å². The van der Waals surface area contributed by atoms with Crippen LogP contribution in [0.25, 0.3) is 66.8 Å². The van der Waals surface area contributed by atoms with Gasteiger partial charge in [0.25, 0.3) is 0 Å². The van der Waals surface area contributed by atoms with Crippen LogP contribution in [0.3, 0.4) is 0 Å². The summed E-state index contributed by atoms with van der Waals surface area (Å²) in [5.41, 5.74) is 11.8. The Bertz CT molecular complexity index is 2440. The predicted octanol–water partition coefficient (Wildman–Crippen LogP) is 13.3. The standard InChI is InChI=1S/C46H31NO2/c1-2-8-32(9-3-1)34-18-24-40(25-19-34)47(42-28-22-37(23-29-42)46-31-39-11-5-7-13-44(39)49-46)41-26-20-35(21-27-41)33-14-16-36(17-15-33)45-30-38-10-4-6-12-43(38)48-45/h1-31H. The molecule has 3 nitrogen and oxygen atoms in total. The number of para-hydroxylation sites is 2. The van der Waals surface area contributed by atoms with Crippen LogP contribution in [0.2, 0.25) is 0 Å². The van der Waals surface area contributed by atoms with Crippen molar-refractivity contribution in [3.8, 4) is 44.9 Å². The highest BCUT2D eigenvalue weighted by atomic mass is 16.3.